The first-order valence-corrected chi connectivity index (χ1v) is 2.95. The topological polar surface area (TPSA) is 49.8 Å². The number of hydrogen-bond donors (Lipinski definition) is 1. The number of nitriles is 1. The van der Waals surface area contributed by atoms with Crippen LogP contribution in [0.25, 0.3) is 0 Å². The highest BCUT2D eigenvalue weighted by Gasteiger charge is 2.24. The molecule has 1 saturated carbocycles. The van der Waals surface area contributed by atoms with E-state index in [0.717, 1.165) is 12.8 Å². The molecule has 0 atom stereocenters. The monoisotopic (exact) mass is 110 g/mol. The van der Waals surface area contributed by atoms with Gasteiger partial charge in [0.1, 0.15) is 0 Å². The van der Waals surface area contributed by atoms with Crippen LogP contribution in [0.2, 0.25) is 0 Å². The van der Waals surface area contributed by atoms with Gasteiger partial charge in [-0.25, -0.2) is 0 Å². The molecule has 0 heterocycles. The third kappa shape index (κ3) is 0.988. The highest BCUT2D eigenvalue weighted by molar-refractivity contribution is 4.88. The first kappa shape index (κ1) is 5.58. The molecular formula is C6H10N2. The fraction of sp³-hybridized carbons (Fsp3) is 0.833. The Morgan fingerprint density at radius 1 is 1.62 bits per heavy atom. The predicted molar refractivity (Wildman–Crippen MR) is 30.9 cm³/mol. The average molecular weight is 110 g/mol. The molecule has 44 valence electrons. The largest absolute Gasteiger partial charge is 0.328 e. The standard InChI is InChI=1S/C6H10N2/c7-2-1-5-3-6(8)4-5/h5-6H,1,3-4,8H2. The highest BCUT2D eigenvalue weighted by Crippen LogP contribution is 2.27. The van der Waals surface area contributed by atoms with E-state index in [1.807, 2.05) is 0 Å². The third-order valence-corrected chi connectivity index (χ3v) is 1.65. The molecule has 1 rings (SSSR count). The van der Waals surface area contributed by atoms with Crippen LogP contribution < -0.4 is 5.73 Å². The molecule has 1 fully saturated rings. The zero-order chi connectivity index (χ0) is 5.98. The maximum absolute atomic E-state index is 8.20. The normalized spacial score (nSPS) is 35.5. The molecule has 0 saturated heterocycles. The van der Waals surface area contributed by atoms with Crippen LogP contribution in [0.3, 0.4) is 0 Å². The third-order valence-electron chi connectivity index (χ3n) is 1.65. The molecule has 0 amide bonds. The lowest BCUT2D eigenvalue weighted by Crippen LogP contribution is -2.35. The maximum Gasteiger partial charge on any atom is 0.0624 e. The Kier molecular flexibility index (Phi) is 1.50. The highest BCUT2D eigenvalue weighted by atomic mass is 14.7. The Bertz CT molecular complexity index is 108. The summed E-state index contributed by atoms with van der Waals surface area (Å²) in [7, 11) is 0. The van der Waals surface area contributed by atoms with Crippen molar-refractivity contribution in [1.82, 2.24) is 0 Å². The van der Waals surface area contributed by atoms with Gasteiger partial charge in [0.2, 0.25) is 0 Å². The number of nitrogens with zero attached hydrogens (tertiary/aromatic N) is 1. The molecule has 0 aromatic rings. The second kappa shape index (κ2) is 2.15. The molecule has 2 heteroatoms. The molecule has 8 heavy (non-hydrogen) atoms. The number of hydrogen-bond acceptors (Lipinski definition) is 2. The van der Waals surface area contributed by atoms with Crippen molar-refractivity contribution >= 4 is 0 Å². The minimum Gasteiger partial charge on any atom is -0.328 e. The van der Waals surface area contributed by atoms with Gasteiger partial charge in [0.05, 0.1) is 6.07 Å². The Hall–Kier alpha value is -0.550. The van der Waals surface area contributed by atoms with Gasteiger partial charge < -0.3 is 5.73 Å². The van der Waals surface area contributed by atoms with Gasteiger partial charge in [0.25, 0.3) is 0 Å². The molecule has 0 radical (unpaired) electrons. The van der Waals surface area contributed by atoms with Crippen LogP contribution in [-0.2, 0) is 0 Å². The van der Waals surface area contributed by atoms with Crippen LogP contribution in [0.15, 0.2) is 0 Å². The minimum absolute atomic E-state index is 0.397. The predicted octanol–water partition coefficient (Wildman–Crippen LogP) is 0.637. The summed E-state index contributed by atoms with van der Waals surface area (Å²) in [5.74, 6) is 0.620. The van der Waals surface area contributed by atoms with Crippen molar-refractivity contribution in [1.29, 1.82) is 5.26 Å². The zero-order valence-corrected chi connectivity index (χ0v) is 4.80. The summed E-state index contributed by atoms with van der Waals surface area (Å²) in [6, 6.07) is 2.53. The molecule has 2 nitrogen and oxygen atoms in total. The fourth-order valence-corrected chi connectivity index (χ4v) is 1.08. The molecule has 0 aromatic heterocycles. The summed E-state index contributed by atoms with van der Waals surface area (Å²) in [5.41, 5.74) is 5.49. The first-order valence-electron chi connectivity index (χ1n) is 2.95. The Labute approximate surface area is 49.3 Å². The first-order chi connectivity index (χ1) is 3.83. The quantitative estimate of drug-likeness (QED) is 0.538. The van der Waals surface area contributed by atoms with Gasteiger partial charge in [0.15, 0.2) is 0 Å². The van der Waals surface area contributed by atoms with E-state index in [9.17, 15) is 0 Å². The van der Waals surface area contributed by atoms with E-state index in [2.05, 4.69) is 6.07 Å². The van der Waals surface area contributed by atoms with Crippen LogP contribution in [-0.4, -0.2) is 6.04 Å². The molecule has 0 unspecified atom stereocenters. The Balaban J connectivity index is 2.09. The summed E-state index contributed by atoms with van der Waals surface area (Å²) >= 11 is 0. The van der Waals surface area contributed by atoms with Gasteiger partial charge in [0, 0.05) is 12.5 Å². The van der Waals surface area contributed by atoms with Gasteiger partial charge in [-0.1, -0.05) is 0 Å². The lowest BCUT2D eigenvalue weighted by atomic mass is 9.79. The van der Waals surface area contributed by atoms with E-state index in [1.54, 1.807) is 0 Å². The van der Waals surface area contributed by atoms with Gasteiger partial charge in [-0.15, -0.1) is 0 Å². The van der Waals surface area contributed by atoms with Crippen molar-refractivity contribution in [3.8, 4) is 6.07 Å². The molecule has 0 bridgehead atoms. The van der Waals surface area contributed by atoms with Gasteiger partial charge in [-0.05, 0) is 18.8 Å². The van der Waals surface area contributed by atoms with Crippen molar-refractivity contribution in [2.24, 2.45) is 11.7 Å². The molecule has 0 aromatic carbocycles. The molecule has 1 aliphatic rings. The molecule has 0 spiro atoms. The lowest BCUT2D eigenvalue weighted by molar-refractivity contribution is 0.271. The van der Waals surface area contributed by atoms with E-state index in [1.165, 1.54) is 0 Å². The summed E-state index contributed by atoms with van der Waals surface area (Å²) < 4.78 is 0. The van der Waals surface area contributed by atoms with Crippen LogP contribution in [0.5, 0.6) is 0 Å². The summed E-state index contributed by atoms with van der Waals surface area (Å²) in [6.07, 6.45) is 2.83. The summed E-state index contributed by atoms with van der Waals surface area (Å²) in [6.45, 7) is 0. The van der Waals surface area contributed by atoms with Gasteiger partial charge in [-0.2, -0.15) is 5.26 Å². The second-order valence-corrected chi connectivity index (χ2v) is 2.46. The second-order valence-electron chi connectivity index (χ2n) is 2.46. The van der Waals surface area contributed by atoms with Crippen LogP contribution >= 0.6 is 0 Å². The van der Waals surface area contributed by atoms with Gasteiger partial charge >= 0.3 is 0 Å². The average Bonchev–Trinajstić information content (AvgIpc) is 1.64. The van der Waals surface area contributed by atoms with E-state index >= 15 is 0 Å². The lowest BCUT2D eigenvalue weighted by Gasteiger charge is -2.30. The van der Waals surface area contributed by atoms with Gasteiger partial charge in [-0.3, -0.25) is 0 Å². The van der Waals surface area contributed by atoms with Crippen molar-refractivity contribution in [3.63, 3.8) is 0 Å². The van der Waals surface area contributed by atoms with E-state index in [4.69, 9.17) is 11.0 Å². The van der Waals surface area contributed by atoms with Crippen molar-refractivity contribution < 1.29 is 0 Å². The van der Waals surface area contributed by atoms with E-state index in [-0.39, 0.29) is 0 Å². The Morgan fingerprint density at radius 3 is 2.62 bits per heavy atom. The maximum atomic E-state index is 8.20. The fourth-order valence-electron chi connectivity index (χ4n) is 1.08. The van der Waals surface area contributed by atoms with Crippen molar-refractivity contribution in [2.75, 3.05) is 0 Å². The number of nitrogens with two attached hydrogens (primary N) is 1. The Morgan fingerprint density at radius 2 is 2.25 bits per heavy atom. The smallest absolute Gasteiger partial charge is 0.0624 e. The van der Waals surface area contributed by atoms with Crippen molar-refractivity contribution in [3.05, 3.63) is 0 Å². The molecular weight excluding hydrogens is 100 g/mol. The van der Waals surface area contributed by atoms with Crippen molar-refractivity contribution in [2.45, 2.75) is 25.3 Å². The zero-order valence-electron chi connectivity index (χ0n) is 4.80. The molecule has 2 N–H and O–H groups in total. The van der Waals surface area contributed by atoms with Crippen LogP contribution in [0.1, 0.15) is 19.3 Å². The van der Waals surface area contributed by atoms with Crippen LogP contribution in [0, 0.1) is 17.2 Å². The minimum atomic E-state index is 0.397. The molecule has 0 aliphatic heterocycles. The summed E-state index contributed by atoms with van der Waals surface area (Å²) in [4.78, 5) is 0. The SMILES string of the molecule is N#CCC1CC(N)C1. The summed E-state index contributed by atoms with van der Waals surface area (Å²) in [5, 5.41) is 8.20. The van der Waals surface area contributed by atoms with E-state index < -0.39 is 0 Å². The number of rotatable bonds is 1. The molecule has 1 aliphatic carbocycles. The van der Waals surface area contributed by atoms with Crippen LogP contribution in [0.4, 0.5) is 0 Å². The van der Waals surface area contributed by atoms with E-state index in [0.29, 0.717) is 18.4 Å².